The Morgan fingerprint density at radius 2 is 1.77 bits per heavy atom. The van der Waals surface area contributed by atoms with Gasteiger partial charge in [-0.1, -0.05) is 0 Å². The molecule has 0 radical (unpaired) electrons. The zero-order valence-corrected chi connectivity index (χ0v) is 18.5. The highest BCUT2D eigenvalue weighted by Gasteiger charge is 2.28. The van der Waals surface area contributed by atoms with E-state index in [1.807, 2.05) is 25.7 Å². The number of nitrogens with zero attached hydrogens (tertiary/aromatic N) is 5. The zero-order valence-electron chi connectivity index (χ0n) is 17.7. The van der Waals surface area contributed by atoms with Crippen molar-refractivity contribution in [2.24, 2.45) is 0 Å². The highest BCUT2D eigenvalue weighted by molar-refractivity contribution is 7.89. The Morgan fingerprint density at radius 1 is 1.06 bits per heavy atom. The predicted octanol–water partition coefficient (Wildman–Crippen LogP) is 1.91. The number of H-pyrrole nitrogens is 1. The van der Waals surface area contributed by atoms with Crippen LogP contribution in [0, 0.1) is 5.82 Å². The summed E-state index contributed by atoms with van der Waals surface area (Å²) in [7, 11) is -3.73. The molecular weight excluding hydrogens is 423 g/mol. The number of nitrogens with one attached hydrogen (secondary N) is 1. The monoisotopic (exact) mass is 448 g/mol. The van der Waals surface area contributed by atoms with Gasteiger partial charge in [-0.2, -0.15) is 14.4 Å². The Balaban J connectivity index is 1.61. The maximum Gasteiger partial charge on any atom is 0.263 e. The number of halogens is 1. The fraction of sp³-hybridized carbons (Fsp3) is 0.450. The van der Waals surface area contributed by atoms with Crippen molar-refractivity contribution >= 4 is 27.0 Å². The molecule has 1 N–H and O–H groups in total. The lowest BCUT2D eigenvalue weighted by Crippen LogP contribution is -2.36. The molecule has 166 valence electrons. The van der Waals surface area contributed by atoms with Gasteiger partial charge in [0.2, 0.25) is 16.0 Å². The molecule has 0 bridgehead atoms. The van der Waals surface area contributed by atoms with E-state index in [1.165, 1.54) is 22.6 Å². The molecule has 0 aliphatic carbocycles. The summed E-state index contributed by atoms with van der Waals surface area (Å²) in [4.78, 5) is 22.0. The van der Waals surface area contributed by atoms with Crippen molar-refractivity contribution in [1.29, 1.82) is 0 Å². The number of anilines is 1. The van der Waals surface area contributed by atoms with Gasteiger partial charge in [0.1, 0.15) is 11.2 Å². The Kier molecular flexibility index (Phi) is 5.34. The van der Waals surface area contributed by atoms with Crippen molar-refractivity contribution in [1.82, 2.24) is 24.1 Å². The van der Waals surface area contributed by atoms with E-state index in [2.05, 4.69) is 15.1 Å². The van der Waals surface area contributed by atoms with E-state index in [0.29, 0.717) is 43.0 Å². The molecule has 1 aromatic carbocycles. The Labute approximate surface area is 179 Å². The van der Waals surface area contributed by atoms with Gasteiger partial charge in [0.15, 0.2) is 5.65 Å². The molecule has 0 amide bonds. The van der Waals surface area contributed by atoms with Crippen molar-refractivity contribution in [3.05, 3.63) is 46.6 Å². The fourth-order valence-corrected chi connectivity index (χ4v) is 5.12. The quantitative estimate of drug-likeness (QED) is 0.657. The van der Waals surface area contributed by atoms with E-state index in [4.69, 9.17) is 0 Å². The van der Waals surface area contributed by atoms with Crippen LogP contribution in [-0.4, -0.2) is 58.7 Å². The number of aromatic nitrogens is 4. The van der Waals surface area contributed by atoms with Gasteiger partial charge in [0.25, 0.3) is 5.56 Å². The first kappa shape index (κ1) is 21.4. The van der Waals surface area contributed by atoms with E-state index in [0.717, 1.165) is 12.1 Å². The molecule has 1 aliphatic rings. The average molecular weight is 449 g/mol. The molecular formula is C20H25FN6O3S. The minimum absolute atomic E-state index is 0.0596. The van der Waals surface area contributed by atoms with Crippen LogP contribution in [0.25, 0.3) is 11.0 Å². The summed E-state index contributed by atoms with van der Waals surface area (Å²) >= 11 is 0. The van der Waals surface area contributed by atoms with Gasteiger partial charge in [0.05, 0.1) is 16.6 Å². The summed E-state index contributed by atoms with van der Waals surface area (Å²) in [5.74, 6) is -0.0922. The zero-order chi connectivity index (χ0) is 22.4. The molecule has 4 rings (SSSR count). The summed E-state index contributed by atoms with van der Waals surface area (Å²) in [5, 5.41) is 4.73. The molecule has 3 heterocycles. The van der Waals surface area contributed by atoms with E-state index in [1.54, 1.807) is 4.68 Å². The van der Waals surface area contributed by atoms with E-state index in [-0.39, 0.29) is 22.5 Å². The highest BCUT2D eigenvalue weighted by atomic mass is 32.2. The third kappa shape index (κ3) is 4.07. The van der Waals surface area contributed by atoms with Crippen LogP contribution in [0.15, 0.2) is 40.2 Å². The van der Waals surface area contributed by atoms with Gasteiger partial charge in [-0.05, 0) is 51.5 Å². The third-order valence-electron chi connectivity index (χ3n) is 5.27. The fourth-order valence-electron chi connectivity index (χ4n) is 3.65. The van der Waals surface area contributed by atoms with Gasteiger partial charge >= 0.3 is 0 Å². The van der Waals surface area contributed by atoms with Crippen molar-refractivity contribution in [2.45, 2.75) is 37.6 Å². The minimum atomic E-state index is -3.73. The second-order valence-corrected chi connectivity index (χ2v) is 10.5. The van der Waals surface area contributed by atoms with Crippen LogP contribution in [-0.2, 0) is 15.6 Å². The van der Waals surface area contributed by atoms with E-state index < -0.39 is 15.8 Å². The van der Waals surface area contributed by atoms with Crippen LogP contribution in [0.4, 0.5) is 10.3 Å². The molecule has 1 fully saturated rings. The van der Waals surface area contributed by atoms with Crippen molar-refractivity contribution in [2.75, 3.05) is 31.1 Å². The summed E-state index contributed by atoms with van der Waals surface area (Å²) < 4.78 is 42.2. The number of fused-ring (bicyclic) bond motifs is 1. The molecule has 11 heteroatoms. The SMILES string of the molecule is CC(C)(C)n1ncc2c(=O)[nH]c(N3CCCN(S(=O)(=O)c4ccc(F)cc4)CC3)nc21. The molecule has 1 aliphatic heterocycles. The maximum atomic E-state index is 13.2. The highest BCUT2D eigenvalue weighted by Crippen LogP contribution is 2.22. The smallest absolute Gasteiger partial charge is 0.263 e. The van der Waals surface area contributed by atoms with Gasteiger partial charge in [0, 0.05) is 26.2 Å². The van der Waals surface area contributed by atoms with E-state index >= 15 is 0 Å². The molecule has 0 unspecified atom stereocenters. The lowest BCUT2D eigenvalue weighted by Gasteiger charge is -2.23. The molecule has 0 spiro atoms. The summed E-state index contributed by atoms with van der Waals surface area (Å²) in [6, 6.07) is 4.82. The molecule has 31 heavy (non-hydrogen) atoms. The standard InChI is InChI=1S/C20H25FN6O3S/c1-20(2,3)27-17-16(13-22-27)18(28)24-19(23-17)25-9-4-10-26(12-11-25)31(29,30)15-7-5-14(21)6-8-15/h5-8,13H,4,9-12H2,1-3H3,(H,23,24,28). The van der Waals surface area contributed by atoms with Crippen LogP contribution in [0.2, 0.25) is 0 Å². The summed E-state index contributed by atoms with van der Waals surface area (Å²) in [5.41, 5.74) is -0.139. The molecule has 2 aromatic heterocycles. The number of hydrogen-bond acceptors (Lipinski definition) is 6. The van der Waals surface area contributed by atoms with Crippen LogP contribution >= 0.6 is 0 Å². The molecule has 1 saturated heterocycles. The Hall–Kier alpha value is -2.79. The van der Waals surface area contributed by atoms with Crippen molar-refractivity contribution in [3.8, 4) is 0 Å². The molecule has 3 aromatic rings. The van der Waals surface area contributed by atoms with Gasteiger partial charge in [-0.3, -0.25) is 9.78 Å². The first-order chi connectivity index (χ1) is 14.6. The van der Waals surface area contributed by atoms with Crippen LogP contribution < -0.4 is 10.5 Å². The topological polar surface area (TPSA) is 104 Å². The number of rotatable bonds is 3. The van der Waals surface area contributed by atoms with Gasteiger partial charge in [-0.15, -0.1) is 0 Å². The van der Waals surface area contributed by atoms with Crippen LogP contribution in [0.3, 0.4) is 0 Å². The number of aromatic amines is 1. The lowest BCUT2D eigenvalue weighted by atomic mass is 10.1. The molecule has 0 saturated carbocycles. The van der Waals surface area contributed by atoms with Crippen molar-refractivity contribution in [3.63, 3.8) is 0 Å². The second kappa shape index (κ2) is 7.72. The van der Waals surface area contributed by atoms with Crippen molar-refractivity contribution < 1.29 is 12.8 Å². The Morgan fingerprint density at radius 3 is 2.45 bits per heavy atom. The second-order valence-electron chi connectivity index (χ2n) is 8.55. The largest absolute Gasteiger partial charge is 0.341 e. The molecule has 0 atom stereocenters. The minimum Gasteiger partial charge on any atom is -0.341 e. The van der Waals surface area contributed by atoms with Gasteiger partial charge < -0.3 is 4.90 Å². The van der Waals surface area contributed by atoms with E-state index in [9.17, 15) is 17.6 Å². The average Bonchev–Trinajstić information content (AvgIpc) is 2.98. The first-order valence-electron chi connectivity index (χ1n) is 10.1. The number of sulfonamides is 1. The molecule has 9 nitrogen and oxygen atoms in total. The normalized spacial score (nSPS) is 16.6. The van der Waals surface area contributed by atoms with Gasteiger partial charge in [-0.25, -0.2) is 17.5 Å². The first-order valence-corrected chi connectivity index (χ1v) is 11.5. The number of benzene rings is 1. The van der Waals surface area contributed by atoms with Crippen LogP contribution in [0.5, 0.6) is 0 Å². The maximum absolute atomic E-state index is 13.2. The summed E-state index contributed by atoms with van der Waals surface area (Å²) in [6.07, 6.45) is 2.07. The number of hydrogen-bond donors (Lipinski definition) is 1. The lowest BCUT2D eigenvalue weighted by molar-refractivity contribution is 0.366. The Bertz CT molecular complexity index is 1260. The summed E-state index contributed by atoms with van der Waals surface area (Å²) in [6.45, 7) is 7.37. The predicted molar refractivity (Wildman–Crippen MR) is 115 cm³/mol. The van der Waals surface area contributed by atoms with Crippen LogP contribution in [0.1, 0.15) is 27.2 Å². The third-order valence-corrected chi connectivity index (χ3v) is 7.18.